The van der Waals surface area contributed by atoms with Crippen LogP contribution in [0.4, 0.5) is 0 Å². The molecule has 0 atom stereocenters. The molecule has 0 aliphatic carbocycles. The fourth-order valence-corrected chi connectivity index (χ4v) is 3.22. The van der Waals surface area contributed by atoms with Gasteiger partial charge in [-0.15, -0.1) is 17.0 Å². The molecular formula is C19H20BrN3O3S. The van der Waals surface area contributed by atoms with Gasteiger partial charge in [0.2, 0.25) is 4.80 Å². The van der Waals surface area contributed by atoms with Gasteiger partial charge in [-0.05, 0) is 42.7 Å². The summed E-state index contributed by atoms with van der Waals surface area (Å²) in [6.07, 6.45) is 0. The van der Waals surface area contributed by atoms with Crippen LogP contribution in [-0.4, -0.2) is 35.2 Å². The second-order valence-electron chi connectivity index (χ2n) is 5.29. The first-order chi connectivity index (χ1) is 12.7. The van der Waals surface area contributed by atoms with Crippen LogP contribution in [-0.2, 0) is 9.53 Å². The first kappa shape index (κ1) is 20.9. The van der Waals surface area contributed by atoms with Crippen molar-refractivity contribution in [2.24, 2.45) is 4.99 Å². The maximum absolute atomic E-state index is 11.6. The zero-order valence-corrected chi connectivity index (χ0v) is 17.5. The predicted octanol–water partition coefficient (Wildman–Crippen LogP) is 3.65. The molecule has 0 aliphatic heterocycles. The van der Waals surface area contributed by atoms with E-state index in [4.69, 9.17) is 9.47 Å². The van der Waals surface area contributed by atoms with Gasteiger partial charge in [0.05, 0.1) is 19.4 Å². The second-order valence-corrected chi connectivity index (χ2v) is 6.20. The van der Waals surface area contributed by atoms with E-state index in [1.807, 2.05) is 58.6 Å². The predicted molar refractivity (Wildman–Crippen MR) is 111 cm³/mol. The largest absolute Gasteiger partial charge is 0.497 e. The molecule has 0 saturated heterocycles. The monoisotopic (exact) mass is 449 g/mol. The van der Waals surface area contributed by atoms with Crippen molar-refractivity contribution in [1.29, 1.82) is 0 Å². The molecule has 3 rings (SSSR count). The molecule has 0 spiro atoms. The highest BCUT2D eigenvalue weighted by molar-refractivity contribution is 8.93. The van der Waals surface area contributed by atoms with Crippen molar-refractivity contribution in [2.75, 3.05) is 20.3 Å². The molecule has 0 amide bonds. The lowest BCUT2D eigenvalue weighted by molar-refractivity contribution is -0.141. The van der Waals surface area contributed by atoms with Crippen molar-refractivity contribution >= 4 is 34.5 Å². The number of halogens is 1. The van der Waals surface area contributed by atoms with E-state index in [9.17, 15) is 4.79 Å². The van der Waals surface area contributed by atoms with Crippen LogP contribution in [0.25, 0.3) is 17.1 Å². The third kappa shape index (κ3) is 5.27. The number of benzene rings is 2. The maximum atomic E-state index is 11.6. The van der Waals surface area contributed by atoms with Gasteiger partial charge in [0.15, 0.2) is 5.82 Å². The molecule has 27 heavy (non-hydrogen) atoms. The molecule has 0 fully saturated rings. The Morgan fingerprint density at radius 1 is 1.15 bits per heavy atom. The summed E-state index contributed by atoms with van der Waals surface area (Å²) in [6, 6.07) is 17.6. The molecule has 0 radical (unpaired) electrons. The number of esters is 1. The molecule has 2 aromatic carbocycles. The minimum absolute atomic E-state index is 0. The van der Waals surface area contributed by atoms with Crippen molar-refractivity contribution in [3.63, 3.8) is 0 Å². The van der Waals surface area contributed by atoms with Crippen LogP contribution in [0.15, 0.2) is 59.6 Å². The standard InChI is InChI=1S/C19H19N3O3S.BrH/c1-3-25-17(23)13-20-19-21-18(14-7-5-4-6-8-14)22(26-19)15-9-11-16(24-2)12-10-15;/h4-12H,3,13H2,1-2H3;1H. The van der Waals surface area contributed by atoms with Gasteiger partial charge in [0.25, 0.3) is 0 Å². The minimum atomic E-state index is -0.361. The Balaban J connectivity index is 0.00000261. The average molecular weight is 450 g/mol. The van der Waals surface area contributed by atoms with Crippen molar-refractivity contribution in [3.8, 4) is 22.8 Å². The number of nitrogens with zero attached hydrogens (tertiary/aromatic N) is 3. The van der Waals surface area contributed by atoms with Gasteiger partial charge in [-0.25, -0.2) is 8.95 Å². The molecule has 142 valence electrons. The van der Waals surface area contributed by atoms with Gasteiger partial charge in [0.1, 0.15) is 12.3 Å². The SMILES string of the molecule is Br.CCOC(=O)CN=c1nc(-c2ccccc2)n(-c2ccc(OC)cc2)s1. The number of ether oxygens (including phenoxy) is 2. The van der Waals surface area contributed by atoms with Gasteiger partial charge in [0, 0.05) is 5.56 Å². The first-order valence-electron chi connectivity index (χ1n) is 8.17. The third-order valence-corrected chi connectivity index (χ3v) is 4.50. The number of methoxy groups -OCH3 is 1. The van der Waals surface area contributed by atoms with Crippen molar-refractivity contribution in [1.82, 2.24) is 8.94 Å². The maximum Gasteiger partial charge on any atom is 0.327 e. The molecule has 0 aliphatic rings. The third-order valence-electron chi connectivity index (χ3n) is 3.55. The summed E-state index contributed by atoms with van der Waals surface area (Å²) in [5, 5.41) is 0. The van der Waals surface area contributed by atoms with Crippen LogP contribution >= 0.6 is 28.5 Å². The Hall–Kier alpha value is -2.45. The Morgan fingerprint density at radius 2 is 1.85 bits per heavy atom. The summed E-state index contributed by atoms with van der Waals surface area (Å²) < 4.78 is 12.1. The van der Waals surface area contributed by atoms with E-state index in [1.54, 1.807) is 14.0 Å². The van der Waals surface area contributed by atoms with Crippen LogP contribution in [0.1, 0.15) is 6.92 Å². The van der Waals surface area contributed by atoms with Crippen molar-refractivity contribution in [3.05, 3.63) is 59.4 Å². The van der Waals surface area contributed by atoms with Crippen LogP contribution in [0.3, 0.4) is 0 Å². The quantitative estimate of drug-likeness (QED) is 0.538. The first-order valence-corrected chi connectivity index (χ1v) is 8.95. The molecule has 1 heterocycles. The summed E-state index contributed by atoms with van der Waals surface area (Å²) in [4.78, 5) is 21.0. The van der Waals surface area contributed by atoms with Crippen LogP contribution in [0.2, 0.25) is 0 Å². The Labute approximate surface area is 172 Å². The number of hydrogen-bond donors (Lipinski definition) is 0. The molecule has 6 nitrogen and oxygen atoms in total. The summed E-state index contributed by atoms with van der Waals surface area (Å²) >= 11 is 1.37. The van der Waals surface area contributed by atoms with E-state index in [0.29, 0.717) is 11.4 Å². The van der Waals surface area contributed by atoms with E-state index in [0.717, 1.165) is 22.8 Å². The molecule has 0 N–H and O–H groups in total. The van der Waals surface area contributed by atoms with Gasteiger partial charge < -0.3 is 9.47 Å². The normalized spacial score (nSPS) is 11.0. The topological polar surface area (TPSA) is 65.7 Å². The molecule has 0 unspecified atom stereocenters. The summed E-state index contributed by atoms with van der Waals surface area (Å²) in [5.41, 5.74) is 1.91. The summed E-state index contributed by atoms with van der Waals surface area (Å²) in [5.74, 6) is 1.19. The zero-order chi connectivity index (χ0) is 18.4. The summed E-state index contributed by atoms with van der Waals surface area (Å²) in [6.45, 7) is 2.07. The van der Waals surface area contributed by atoms with Gasteiger partial charge in [-0.1, -0.05) is 30.3 Å². The second kappa shape index (κ2) is 10.0. The Morgan fingerprint density at radius 3 is 2.48 bits per heavy atom. The van der Waals surface area contributed by atoms with Crippen molar-refractivity contribution in [2.45, 2.75) is 6.92 Å². The number of carbonyl (C=O) groups excluding carboxylic acids is 1. The minimum Gasteiger partial charge on any atom is -0.497 e. The van der Waals surface area contributed by atoms with Gasteiger partial charge in [-0.3, -0.25) is 4.79 Å². The van der Waals surface area contributed by atoms with Crippen LogP contribution in [0, 0.1) is 0 Å². The number of hydrogen-bond acceptors (Lipinski definition) is 6. The molecule has 3 aromatic rings. The summed E-state index contributed by atoms with van der Waals surface area (Å²) in [7, 11) is 1.64. The van der Waals surface area contributed by atoms with E-state index in [2.05, 4.69) is 9.98 Å². The Bertz CT molecular complexity index is 937. The Kier molecular flexibility index (Phi) is 7.75. The highest BCUT2D eigenvalue weighted by Gasteiger charge is 2.11. The number of rotatable bonds is 6. The molecule has 1 aromatic heterocycles. The van der Waals surface area contributed by atoms with E-state index in [-0.39, 0.29) is 29.5 Å². The average Bonchev–Trinajstić information content (AvgIpc) is 3.12. The molecule has 0 saturated carbocycles. The molecular weight excluding hydrogens is 430 g/mol. The lowest BCUT2D eigenvalue weighted by atomic mass is 10.2. The highest BCUT2D eigenvalue weighted by atomic mass is 79.9. The van der Waals surface area contributed by atoms with Gasteiger partial charge in [-0.2, -0.15) is 4.98 Å². The number of carbonyl (C=O) groups is 1. The highest BCUT2D eigenvalue weighted by Crippen LogP contribution is 2.23. The van der Waals surface area contributed by atoms with E-state index >= 15 is 0 Å². The molecule has 0 bridgehead atoms. The number of aromatic nitrogens is 2. The fraction of sp³-hybridized carbons (Fsp3) is 0.211. The zero-order valence-electron chi connectivity index (χ0n) is 15.0. The van der Waals surface area contributed by atoms with E-state index in [1.165, 1.54) is 11.5 Å². The van der Waals surface area contributed by atoms with Crippen molar-refractivity contribution < 1.29 is 14.3 Å². The van der Waals surface area contributed by atoms with Gasteiger partial charge >= 0.3 is 5.97 Å². The lowest BCUT2D eigenvalue weighted by Gasteiger charge is -2.07. The van der Waals surface area contributed by atoms with Crippen LogP contribution in [0.5, 0.6) is 5.75 Å². The molecule has 8 heteroatoms. The smallest absolute Gasteiger partial charge is 0.327 e. The van der Waals surface area contributed by atoms with E-state index < -0.39 is 0 Å². The van der Waals surface area contributed by atoms with Crippen LogP contribution < -0.4 is 9.54 Å². The fourth-order valence-electron chi connectivity index (χ4n) is 2.35. The lowest BCUT2D eigenvalue weighted by Crippen LogP contribution is -2.11.